The molecular weight excluding hydrogens is 280 g/mol. The van der Waals surface area contributed by atoms with Crippen LogP contribution in [-0.4, -0.2) is 22.2 Å². The van der Waals surface area contributed by atoms with Crippen LogP contribution in [0.4, 0.5) is 0 Å². The second-order valence-electron chi connectivity index (χ2n) is 5.38. The molecule has 0 unspecified atom stereocenters. The third kappa shape index (κ3) is 20.7. The first kappa shape index (κ1) is 22.7. The van der Waals surface area contributed by atoms with Crippen molar-refractivity contribution >= 4 is 11.9 Å². The van der Waals surface area contributed by atoms with E-state index in [4.69, 9.17) is 10.2 Å². The largest absolute Gasteiger partial charge is 0.478 e. The first-order chi connectivity index (χ1) is 10.5. The maximum absolute atomic E-state index is 10.5. The van der Waals surface area contributed by atoms with Crippen LogP contribution in [0.5, 0.6) is 0 Å². The van der Waals surface area contributed by atoms with E-state index in [1.165, 1.54) is 51.4 Å². The van der Waals surface area contributed by atoms with Gasteiger partial charge >= 0.3 is 11.9 Å². The van der Waals surface area contributed by atoms with Gasteiger partial charge in [0, 0.05) is 11.6 Å². The lowest BCUT2D eigenvalue weighted by molar-refractivity contribution is -0.133. The molecule has 0 amide bonds. The fourth-order valence-corrected chi connectivity index (χ4v) is 1.93. The highest BCUT2D eigenvalue weighted by molar-refractivity contribution is 5.85. The van der Waals surface area contributed by atoms with Crippen LogP contribution in [0.3, 0.4) is 0 Å². The Balaban J connectivity index is 0. The highest BCUT2D eigenvalue weighted by atomic mass is 16.4. The molecule has 0 atom stereocenters. The molecule has 0 bridgehead atoms. The minimum absolute atomic E-state index is 0.351. The molecule has 0 radical (unpaired) electrons. The molecule has 4 heteroatoms. The Kier molecular flexibility index (Phi) is 18.0. The second kappa shape index (κ2) is 17.5. The van der Waals surface area contributed by atoms with Gasteiger partial charge < -0.3 is 10.2 Å². The maximum Gasteiger partial charge on any atom is 0.330 e. The van der Waals surface area contributed by atoms with Gasteiger partial charge in [-0.05, 0) is 12.8 Å². The second-order valence-corrected chi connectivity index (χ2v) is 5.38. The van der Waals surface area contributed by atoms with E-state index < -0.39 is 11.9 Å². The van der Waals surface area contributed by atoms with Gasteiger partial charge in [0.15, 0.2) is 0 Å². The summed E-state index contributed by atoms with van der Waals surface area (Å²) < 4.78 is 0. The third-order valence-electron chi connectivity index (χ3n) is 3.31. The van der Waals surface area contributed by atoms with Gasteiger partial charge in [0.05, 0.1) is 0 Å². The summed E-state index contributed by atoms with van der Waals surface area (Å²) in [6, 6.07) is 0. The van der Waals surface area contributed by atoms with E-state index in [0.29, 0.717) is 12.0 Å². The predicted octanol–water partition coefficient (Wildman–Crippen LogP) is 5.20. The highest BCUT2D eigenvalue weighted by Gasteiger charge is 2.02. The van der Waals surface area contributed by atoms with E-state index >= 15 is 0 Å². The zero-order chi connectivity index (χ0) is 17.2. The number of carboxylic acid groups (broad SMARTS) is 2. The molecule has 0 fully saturated rings. The summed E-state index contributed by atoms with van der Waals surface area (Å²) in [7, 11) is 0. The summed E-state index contributed by atoms with van der Waals surface area (Å²) in [6.07, 6.45) is 14.3. The molecule has 0 heterocycles. The summed E-state index contributed by atoms with van der Waals surface area (Å²) in [4.78, 5) is 19.7. The molecule has 0 saturated heterocycles. The van der Waals surface area contributed by atoms with Gasteiger partial charge in [-0.15, -0.1) is 0 Å². The minimum atomic E-state index is -0.981. The molecule has 4 nitrogen and oxygen atoms in total. The van der Waals surface area contributed by atoms with Crippen LogP contribution in [-0.2, 0) is 9.59 Å². The Morgan fingerprint density at radius 2 is 1.23 bits per heavy atom. The first-order valence-electron chi connectivity index (χ1n) is 8.22. The van der Waals surface area contributed by atoms with Gasteiger partial charge in [0.25, 0.3) is 0 Å². The van der Waals surface area contributed by atoms with Crippen LogP contribution in [0.25, 0.3) is 0 Å². The molecule has 0 aliphatic carbocycles. The van der Waals surface area contributed by atoms with E-state index in [-0.39, 0.29) is 0 Å². The average molecular weight is 312 g/mol. The number of hydrogen-bond acceptors (Lipinski definition) is 2. The van der Waals surface area contributed by atoms with Crippen molar-refractivity contribution in [2.45, 2.75) is 77.6 Å². The molecule has 0 aliphatic heterocycles. The topological polar surface area (TPSA) is 74.6 Å². The Labute approximate surface area is 134 Å². The quantitative estimate of drug-likeness (QED) is 0.362. The molecule has 0 spiro atoms. The number of carbonyl (C=O) groups is 2. The summed E-state index contributed by atoms with van der Waals surface area (Å²) in [6.45, 7) is 8.73. The van der Waals surface area contributed by atoms with Gasteiger partial charge in [-0.3, -0.25) is 0 Å². The number of hydrogen-bond donors (Lipinski definition) is 2. The van der Waals surface area contributed by atoms with Gasteiger partial charge in [0.1, 0.15) is 0 Å². The molecule has 22 heavy (non-hydrogen) atoms. The standard InChI is InChI=1S/C15H28O2.C3H4O2/c1-3-4-5-6-7-8-9-10-11-12-13-14(2)15(16)17;1-2-3(4)5/h2-13H2,1H3,(H,16,17);2H,1H2,(H,4,5). The normalized spacial score (nSPS) is 9.50. The van der Waals surface area contributed by atoms with E-state index in [2.05, 4.69) is 20.1 Å². The Bertz CT molecular complexity index is 321. The van der Waals surface area contributed by atoms with E-state index in [0.717, 1.165) is 18.9 Å². The molecule has 0 aromatic rings. The first-order valence-corrected chi connectivity index (χ1v) is 8.22. The van der Waals surface area contributed by atoms with Gasteiger partial charge in [-0.25, -0.2) is 9.59 Å². The Hall–Kier alpha value is -1.58. The van der Waals surface area contributed by atoms with Crippen LogP contribution in [0.2, 0.25) is 0 Å². The predicted molar refractivity (Wildman–Crippen MR) is 91.1 cm³/mol. The molecule has 0 rings (SSSR count). The van der Waals surface area contributed by atoms with Crippen LogP contribution in [0.15, 0.2) is 24.8 Å². The van der Waals surface area contributed by atoms with E-state index in [1.807, 2.05) is 0 Å². The Morgan fingerprint density at radius 3 is 1.55 bits per heavy atom. The highest BCUT2D eigenvalue weighted by Crippen LogP contribution is 2.12. The molecule has 0 saturated carbocycles. The molecule has 128 valence electrons. The summed E-state index contributed by atoms with van der Waals surface area (Å²) in [5, 5.41) is 16.2. The zero-order valence-electron chi connectivity index (χ0n) is 14.0. The number of rotatable bonds is 13. The SMILES string of the molecule is C=C(CCCCCCCCCCCC)C(=O)O.C=CC(=O)O. The minimum Gasteiger partial charge on any atom is -0.478 e. The Morgan fingerprint density at radius 1 is 0.864 bits per heavy atom. The van der Waals surface area contributed by atoms with Crippen LogP contribution >= 0.6 is 0 Å². The number of unbranched alkanes of at least 4 members (excludes halogenated alkanes) is 9. The molecule has 2 N–H and O–H groups in total. The summed E-state index contributed by atoms with van der Waals surface area (Å²) >= 11 is 0. The number of aliphatic carboxylic acids is 2. The van der Waals surface area contributed by atoms with Crippen molar-refractivity contribution < 1.29 is 19.8 Å². The zero-order valence-corrected chi connectivity index (χ0v) is 14.0. The molecule has 0 aromatic heterocycles. The molecule has 0 aliphatic rings. The van der Waals surface area contributed by atoms with Gasteiger partial charge in [0.2, 0.25) is 0 Å². The lowest BCUT2D eigenvalue weighted by Crippen LogP contribution is -1.98. The van der Waals surface area contributed by atoms with Crippen molar-refractivity contribution in [1.82, 2.24) is 0 Å². The monoisotopic (exact) mass is 312 g/mol. The van der Waals surface area contributed by atoms with Crippen LogP contribution in [0.1, 0.15) is 77.6 Å². The fraction of sp³-hybridized carbons (Fsp3) is 0.667. The lowest BCUT2D eigenvalue weighted by atomic mass is 10.0. The van der Waals surface area contributed by atoms with Gasteiger partial charge in [-0.1, -0.05) is 77.9 Å². The summed E-state index contributed by atoms with van der Waals surface area (Å²) in [5.41, 5.74) is 0.351. The van der Waals surface area contributed by atoms with Crippen molar-refractivity contribution in [1.29, 1.82) is 0 Å². The maximum atomic E-state index is 10.5. The summed E-state index contributed by atoms with van der Waals surface area (Å²) in [5.74, 6) is -1.83. The molecule has 0 aromatic carbocycles. The van der Waals surface area contributed by atoms with Crippen molar-refractivity contribution in [2.75, 3.05) is 0 Å². The van der Waals surface area contributed by atoms with Crippen LogP contribution in [0, 0.1) is 0 Å². The fourth-order valence-electron chi connectivity index (χ4n) is 1.93. The van der Waals surface area contributed by atoms with Crippen molar-refractivity contribution in [3.05, 3.63) is 24.8 Å². The number of carboxylic acids is 2. The lowest BCUT2D eigenvalue weighted by Gasteiger charge is -2.02. The average Bonchev–Trinajstić information content (AvgIpc) is 2.49. The van der Waals surface area contributed by atoms with Crippen LogP contribution < -0.4 is 0 Å². The van der Waals surface area contributed by atoms with Crippen molar-refractivity contribution in [2.24, 2.45) is 0 Å². The van der Waals surface area contributed by atoms with E-state index in [9.17, 15) is 9.59 Å². The van der Waals surface area contributed by atoms with Gasteiger partial charge in [-0.2, -0.15) is 0 Å². The molecular formula is C18H32O4. The third-order valence-corrected chi connectivity index (χ3v) is 3.31. The van der Waals surface area contributed by atoms with Crippen molar-refractivity contribution in [3.8, 4) is 0 Å². The van der Waals surface area contributed by atoms with Crippen molar-refractivity contribution in [3.63, 3.8) is 0 Å². The van der Waals surface area contributed by atoms with E-state index in [1.54, 1.807) is 0 Å². The smallest absolute Gasteiger partial charge is 0.330 e.